The summed E-state index contributed by atoms with van der Waals surface area (Å²) in [7, 11) is 0. The number of rotatable bonds is 6. The third kappa shape index (κ3) is 5.48. The first-order chi connectivity index (χ1) is 4.85. The zero-order valence-corrected chi connectivity index (χ0v) is 8.87. The van der Waals surface area contributed by atoms with Gasteiger partial charge in [0.1, 0.15) is 0 Å². The van der Waals surface area contributed by atoms with Crippen molar-refractivity contribution in [2.24, 2.45) is 0 Å². The van der Waals surface area contributed by atoms with Crippen LogP contribution in [-0.4, -0.2) is 0 Å². The summed E-state index contributed by atoms with van der Waals surface area (Å²) in [6.07, 6.45) is 0. The molecule has 0 heterocycles. The van der Waals surface area contributed by atoms with Crippen LogP contribution in [0.5, 0.6) is 0 Å². The van der Waals surface area contributed by atoms with Crippen LogP contribution in [0.15, 0.2) is 36.0 Å². The molecule has 0 aromatic carbocycles. The predicted octanol–water partition coefficient (Wildman–Crippen LogP) is 4.84. The third-order valence-corrected chi connectivity index (χ3v) is 8.98. The van der Waals surface area contributed by atoms with Crippen LogP contribution >= 0.6 is 39.7 Å². The molecule has 0 saturated heterocycles. The Bertz CT molecular complexity index is 100. The molecule has 10 heavy (non-hydrogen) atoms. The summed E-state index contributed by atoms with van der Waals surface area (Å²) in [6.45, 7) is 10.9. The van der Waals surface area contributed by atoms with Gasteiger partial charge >= 0.3 is 0 Å². The Labute approximate surface area is 75.6 Å². The van der Waals surface area contributed by atoms with Crippen LogP contribution in [0.3, 0.4) is 0 Å². The second kappa shape index (κ2) is 7.80. The Morgan fingerprint density at radius 1 is 0.800 bits per heavy atom. The first-order valence-corrected chi connectivity index (χ1v) is 8.28. The van der Waals surface area contributed by atoms with Crippen molar-refractivity contribution in [3.05, 3.63) is 36.0 Å². The van der Waals surface area contributed by atoms with Crippen molar-refractivity contribution in [1.29, 1.82) is 0 Å². The van der Waals surface area contributed by atoms with E-state index in [-0.39, 0.29) is 5.53 Å². The molecule has 0 amide bonds. The maximum absolute atomic E-state index is 3.65. The lowest BCUT2D eigenvalue weighted by Gasteiger charge is -2.05. The van der Waals surface area contributed by atoms with Gasteiger partial charge in [-0.2, -0.15) is 0 Å². The highest BCUT2D eigenvalue weighted by Crippen LogP contribution is 2.71. The second-order valence-electron chi connectivity index (χ2n) is 1.04. The van der Waals surface area contributed by atoms with Crippen molar-refractivity contribution in [3.8, 4) is 0 Å². The van der Waals surface area contributed by atoms with Gasteiger partial charge in [0.15, 0.2) is 0 Å². The monoisotopic (exact) mass is 208 g/mol. The van der Waals surface area contributed by atoms with E-state index in [9.17, 15) is 0 Å². The Morgan fingerprint density at radius 2 is 1.10 bits per heavy atom. The van der Waals surface area contributed by atoms with Crippen molar-refractivity contribution in [2.75, 3.05) is 0 Å². The largest absolute Gasteiger partial charge is 0.0923 e. The molecule has 0 saturated carbocycles. The third-order valence-electron chi connectivity index (χ3n) is 0.482. The summed E-state index contributed by atoms with van der Waals surface area (Å²) in [4.78, 5) is 0. The van der Waals surface area contributed by atoms with E-state index in [0.29, 0.717) is 0 Å². The molecule has 0 unspecified atom stereocenters. The molecule has 0 fully saturated rings. The van der Waals surface area contributed by atoms with Gasteiger partial charge in [-0.25, -0.2) is 0 Å². The molecule has 0 radical (unpaired) electrons. The second-order valence-corrected chi connectivity index (χ2v) is 10.4. The normalized spacial score (nSPS) is 9.30. The molecule has 0 aromatic rings. The van der Waals surface area contributed by atoms with Crippen molar-refractivity contribution in [2.45, 2.75) is 0 Å². The van der Waals surface area contributed by atoms with Gasteiger partial charge < -0.3 is 0 Å². The molecule has 0 aliphatic rings. The molecular weight excluding hydrogens is 199 g/mol. The molecule has 0 bridgehead atoms. The van der Waals surface area contributed by atoms with Crippen LogP contribution in [0, 0.1) is 0 Å². The van der Waals surface area contributed by atoms with Crippen LogP contribution in [0.25, 0.3) is 0 Å². The summed E-state index contributed by atoms with van der Waals surface area (Å²) >= 11 is 5.21. The molecule has 0 aliphatic heterocycles. The highest BCUT2D eigenvalue weighted by atomic mass is 33.4. The quantitative estimate of drug-likeness (QED) is 0.573. The summed E-state index contributed by atoms with van der Waals surface area (Å²) in [6, 6.07) is 0. The highest BCUT2D eigenvalue weighted by Gasteiger charge is 2.02. The zero-order valence-electron chi connectivity index (χ0n) is 5.53. The van der Waals surface area contributed by atoms with Crippen LogP contribution in [0.2, 0.25) is 0 Å². The van der Waals surface area contributed by atoms with Crippen molar-refractivity contribution in [3.63, 3.8) is 0 Å². The zero-order chi connectivity index (χ0) is 7.82. The SMILES string of the molecule is C=CSP(SC=C)SC=C. The fourth-order valence-electron chi connectivity index (χ4n) is 0.257. The van der Waals surface area contributed by atoms with Crippen molar-refractivity contribution < 1.29 is 0 Å². The molecule has 56 valence electrons. The number of hydrogen-bond donors (Lipinski definition) is 0. The Hall–Kier alpha value is 0.700. The first kappa shape index (κ1) is 10.7. The molecule has 0 rings (SSSR count). The molecule has 0 nitrogen and oxygen atoms in total. The lowest BCUT2D eigenvalue weighted by molar-refractivity contribution is 2.68. The average Bonchev–Trinajstić information content (AvgIpc) is 1.90. The van der Waals surface area contributed by atoms with Crippen LogP contribution in [0.4, 0.5) is 0 Å². The summed E-state index contributed by atoms with van der Waals surface area (Å²) in [5.74, 6) is 0. The van der Waals surface area contributed by atoms with E-state index in [1.165, 1.54) is 0 Å². The number of hydrogen-bond acceptors (Lipinski definition) is 3. The van der Waals surface area contributed by atoms with Crippen molar-refractivity contribution in [1.82, 2.24) is 0 Å². The lowest BCUT2D eigenvalue weighted by Crippen LogP contribution is -1.44. The fourth-order valence-corrected chi connectivity index (χ4v) is 6.94. The molecule has 0 aliphatic carbocycles. The van der Waals surface area contributed by atoms with Gasteiger partial charge in [-0.1, -0.05) is 53.9 Å². The van der Waals surface area contributed by atoms with Gasteiger partial charge in [-0.3, -0.25) is 0 Å². The highest BCUT2D eigenvalue weighted by molar-refractivity contribution is 9.13. The minimum absolute atomic E-state index is 0.165. The molecule has 0 spiro atoms. The standard InChI is InChI=1S/C6H9PS3/c1-4-8-7(9-5-2)10-6-3/h4-6H,1-3H2. The van der Waals surface area contributed by atoms with E-state index >= 15 is 0 Å². The lowest BCUT2D eigenvalue weighted by atomic mass is 11.3. The first-order valence-electron chi connectivity index (χ1n) is 2.48. The van der Waals surface area contributed by atoms with E-state index in [0.717, 1.165) is 0 Å². The van der Waals surface area contributed by atoms with Gasteiger partial charge in [0.05, 0.1) is 5.53 Å². The van der Waals surface area contributed by atoms with Crippen LogP contribution < -0.4 is 0 Å². The maximum atomic E-state index is 3.65. The Morgan fingerprint density at radius 3 is 1.30 bits per heavy atom. The summed E-state index contributed by atoms with van der Waals surface area (Å²) < 4.78 is 0. The molecule has 0 N–H and O–H groups in total. The van der Waals surface area contributed by atoms with E-state index in [1.807, 2.05) is 16.2 Å². The Balaban J connectivity index is 3.58. The van der Waals surface area contributed by atoms with Gasteiger partial charge in [-0.15, -0.1) is 0 Å². The van der Waals surface area contributed by atoms with Gasteiger partial charge in [0.2, 0.25) is 0 Å². The van der Waals surface area contributed by atoms with Gasteiger partial charge in [0, 0.05) is 0 Å². The summed E-state index contributed by atoms with van der Waals surface area (Å²) in [5, 5.41) is 5.58. The maximum Gasteiger partial charge on any atom is 0.0858 e. The van der Waals surface area contributed by atoms with Gasteiger partial charge in [0.25, 0.3) is 0 Å². The van der Waals surface area contributed by atoms with E-state index in [4.69, 9.17) is 0 Å². The van der Waals surface area contributed by atoms with E-state index in [1.54, 1.807) is 34.1 Å². The average molecular weight is 208 g/mol. The molecule has 4 heteroatoms. The topological polar surface area (TPSA) is 0 Å². The van der Waals surface area contributed by atoms with Crippen LogP contribution in [0.1, 0.15) is 0 Å². The Kier molecular flexibility index (Phi) is 8.35. The van der Waals surface area contributed by atoms with Crippen molar-refractivity contribution >= 4 is 39.7 Å². The van der Waals surface area contributed by atoms with Crippen LogP contribution in [-0.2, 0) is 0 Å². The smallest absolute Gasteiger partial charge is 0.0858 e. The minimum atomic E-state index is -0.165. The minimum Gasteiger partial charge on any atom is -0.0923 e. The summed E-state index contributed by atoms with van der Waals surface area (Å²) in [5.41, 5.74) is -0.165. The predicted molar refractivity (Wildman–Crippen MR) is 60.3 cm³/mol. The molecule has 0 aromatic heterocycles. The molecule has 0 atom stereocenters. The van der Waals surface area contributed by atoms with E-state index in [2.05, 4.69) is 19.7 Å². The fraction of sp³-hybridized carbons (Fsp3) is 0. The van der Waals surface area contributed by atoms with E-state index < -0.39 is 0 Å². The molecular formula is C6H9PS3. The van der Waals surface area contributed by atoms with Gasteiger partial charge in [-0.05, 0) is 16.2 Å².